The molecule has 0 radical (unpaired) electrons. The molecule has 0 aromatic rings. The van der Waals surface area contributed by atoms with Crippen LogP contribution in [0.2, 0.25) is 0 Å². The fourth-order valence-corrected chi connectivity index (χ4v) is 4.69. The largest absolute Gasteiger partial charge is 0.382 e. The van der Waals surface area contributed by atoms with Gasteiger partial charge in [0.25, 0.3) is 11.8 Å². The highest BCUT2D eigenvalue weighted by atomic mass is 16.6. The SMILES string of the molecule is CCCCNC(=O)[C@H](CCCCNC(=O)COCCOCCOCCOCCOCCOCCOCCOCCOC)NC(=O)CCCN1C(=O)C=CC1=O. The molecule has 0 spiro atoms. The van der Waals surface area contributed by atoms with Gasteiger partial charge in [-0.1, -0.05) is 13.3 Å². The van der Waals surface area contributed by atoms with Gasteiger partial charge < -0.3 is 58.6 Å². The molecule has 1 aliphatic rings. The summed E-state index contributed by atoms with van der Waals surface area (Å²) in [6, 6.07) is -0.721. The van der Waals surface area contributed by atoms with Crippen molar-refractivity contribution in [2.45, 2.75) is 57.9 Å². The van der Waals surface area contributed by atoms with Crippen molar-refractivity contribution in [3.8, 4) is 0 Å². The van der Waals surface area contributed by atoms with E-state index in [9.17, 15) is 24.0 Å². The molecular formula is C37H66N4O14. The third-order valence-corrected chi connectivity index (χ3v) is 7.68. The Bertz CT molecular complexity index is 1030. The normalized spacial score (nSPS) is 13.1. The maximum absolute atomic E-state index is 12.7. The molecule has 1 heterocycles. The smallest absolute Gasteiger partial charge is 0.253 e. The summed E-state index contributed by atoms with van der Waals surface area (Å²) in [4.78, 5) is 61.8. The molecule has 18 heteroatoms. The van der Waals surface area contributed by atoms with E-state index >= 15 is 0 Å². The van der Waals surface area contributed by atoms with Crippen LogP contribution in [-0.2, 0) is 66.6 Å². The molecule has 0 saturated heterocycles. The highest BCUT2D eigenvalue weighted by Gasteiger charge is 2.24. The van der Waals surface area contributed by atoms with E-state index in [-0.39, 0.29) is 43.9 Å². The second-order valence-corrected chi connectivity index (χ2v) is 12.2. The van der Waals surface area contributed by atoms with Gasteiger partial charge in [0.05, 0.1) is 106 Å². The Morgan fingerprint density at radius 2 is 1.04 bits per heavy atom. The molecule has 318 valence electrons. The van der Waals surface area contributed by atoms with E-state index in [1.165, 1.54) is 12.2 Å². The summed E-state index contributed by atoms with van der Waals surface area (Å²) in [7, 11) is 1.63. The first kappa shape index (κ1) is 49.9. The molecule has 1 rings (SSSR count). The lowest BCUT2D eigenvalue weighted by Gasteiger charge is -2.19. The van der Waals surface area contributed by atoms with Crippen LogP contribution in [0.4, 0.5) is 0 Å². The van der Waals surface area contributed by atoms with E-state index < -0.39 is 17.9 Å². The summed E-state index contributed by atoms with van der Waals surface area (Å²) in [5.41, 5.74) is 0. The van der Waals surface area contributed by atoms with E-state index in [2.05, 4.69) is 16.0 Å². The quantitative estimate of drug-likeness (QED) is 0.0559. The van der Waals surface area contributed by atoms with Gasteiger partial charge in [0.2, 0.25) is 17.7 Å². The highest BCUT2D eigenvalue weighted by Crippen LogP contribution is 2.07. The van der Waals surface area contributed by atoms with Crippen molar-refractivity contribution in [3.05, 3.63) is 12.2 Å². The number of amides is 5. The average Bonchev–Trinajstić information content (AvgIpc) is 3.49. The fraction of sp³-hybridized carbons (Fsp3) is 0.811. The molecule has 0 aromatic carbocycles. The van der Waals surface area contributed by atoms with Crippen molar-refractivity contribution in [2.24, 2.45) is 0 Å². The lowest BCUT2D eigenvalue weighted by Crippen LogP contribution is -2.47. The average molecular weight is 791 g/mol. The summed E-state index contributed by atoms with van der Waals surface area (Å²) >= 11 is 0. The van der Waals surface area contributed by atoms with Gasteiger partial charge in [-0.25, -0.2) is 0 Å². The number of imide groups is 1. The molecule has 18 nitrogen and oxygen atoms in total. The second-order valence-electron chi connectivity index (χ2n) is 12.2. The molecule has 1 aliphatic heterocycles. The Balaban J connectivity index is 1.94. The van der Waals surface area contributed by atoms with Crippen molar-refractivity contribution < 1.29 is 66.6 Å². The number of carbonyl (C=O) groups is 5. The summed E-state index contributed by atoms with van der Waals surface area (Å²) in [6.45, 7) is 10.4. The number of rotatable bonds is 40. The number of nitrogens with zero attached hydrogens (tertiary/aromatic N) is 1. The molecule has 0 bridgehead atoms. The van der Waals surface area contributed by atoms with Gasteiger partial charge >= 0.3 is 0 Å². The molecule has 3 N–H and O–H groups in total. The van der Waals surface area contributed by atoms with Crippen molar-refractivity contribution in [1.29, 1.82) is 0 Å². The molecule has 0 aliphatic carbocycles. The Morgan fingerprint density at radius 3 is 1.51 bits per heavy atom. The fourth-order valence-electron chi connectivity index (χ4n) is 4.69. The van der Waals surface area contributed by atoms with Gasteiger partial charge in [0.1, 0.15) is 12.6 Å². The van der Waals surface area contributed by atoms with E-state index in [1.54, 1.807) is 7.11 Å². The van der Waals surface area contributed by atoms with Crippen LogP contribution in [0.5, 0.6) is 0 Å². The molecule has 0 unspecified atom stereocenters. The zero-order chi connectivity index (χ0) is 40.0. The monoisotopic (exact) mass is 790 g/mol. The Morgan fingerprint density at radius 1 is 0.582 bits per heavy atom. The van der Waals surface area contributed by atoms with Crippen LogP contribution in [0, 0.1) is 0 Å². The zero-order valence-corrected chi connectivity index (χ0v) is 33.0. The van der Waals surface area contributed by atoms with Crippen LogP contribution < -0.4 is 16.0 Å². The molecule has 0 fully saturated rings. The first-order valence-electron chi connectivity index (χ1n) is 19.4. The third-order valence-electron chi connectivity index (χ3n) is 7.68. The first-order valence-corrected chi connectivity index (χ1v) is 19.4. The number of unbranched alkanes of at least 4 members (excludes halogenated alkanes) is 2. The van der Waals surface area contributed by atoms with Crippen LogP contribution in [0.25, 0.3) is 0 Å². The predicted molar refractivity (Wildman–Crippen MR) is 200 cm³/mol. The van der Waals surface area contributed by atoms with Crippen molar-refractivity contribution >= 4 is 29.5 Å². The van der Waals surface area contributed by atoms with Crippen LogP contribution >= 0.6 is 0 Å². The zero-order valence-electron chi connectivity index (χ0n) is 33.0. The first-order chi connectivity index (χ1) is 26.9. The standard InChI is InChI=1S/C37H66N4O14/c1-3-4-12-39-37(46)32(40-33(42)9-7-14-41-35(44)10-11-36(41)45)8-5-6-13-38-34(43)31-55-30-29-54-28-27-53-26-25-52-24-23-51-22-21-50-20-19-49-18-17-48-16-15-47-2/h10-11,32H,3-9,12-31H2,1-2H3,(H,38,43)(H,39,46)(H,40,42)/t32-/m0/s1. The maximum Gasteiger partial charge on any atom is 0.253 e. The number of methoxy groups -OCH3 is 1. The van der Waals surface area contributed by atoms with Crippen LogP contribution in [0.1, 0.15) is 51.9 Å². The number of carbonyl (C=O) groups excluding carboxylic acids is 5. The molecule has 5 amide bonds. The lowest BCUT2D eigenvalue weighted by atomic mass is 10.1. The van der Waals surface area contributed by atoms with Gasteiger partial charge in [-0.05, 0) is 32.1 Å². The van der Waals surface area contributed by atoms with Gasteiger partial charge in [0.15, 0.2) is 0 Å². The molecule has 55 heavy (non-hydrogen) atoms. The Kier molecular flexibility index (Phi) is 33.2. The minimum Gasteiger partial charge on any atom is -0.382 e. The molecular weight excluding hydrogens is 724 g/mol. The third kappa shape index (κ3) is 29.8. The van der Waals surface area contributed by atoms with Crippen LogP contribution in [-0.4, -0.2) is 180 Å². The molecule has 0 aromatic heterocycles. The maximum atomic E-state index is 12.7. The van der Waals surface area contributed by atoms with Crippen molar-refractivity contribution in [3.63, 3.8) is 0 Å². The number of nitrogens with one attached hydrogen (secondary N) is 3. The van der Waals surface area contributed by atoms with Gasteiger partial charge in [-0.3, -0.25) is 28.9 Å². The minimum atomic E-state index is -0.721. The van der Waals surface area contributed by atoms with E-state index in [4.69, 9.17) is 42.6 Å². The summed E-state index contributed by atoms with van der Waals surface area (Å²) in [5.74, 6) is -1.64. The number of ether oxygens (including phenoxy) is 9. The van der Waals surface area contributed by atoms with E-state index in [0.29, 0.717) is 138 Å². The Hall–Kier alpha value is -3.07. The summed E-state index contributed by atoms with van der Waals surface area (Å²) in [5, 5.41) is 8.41. The summed E-state index contributed by atoms with van der Waals surface area (Å²) < 4.78 is 48.2. The van der Waals surface area contributed by atoms with Crippen molar-refractivity contribution in [1.82, 2.24) is 20.9 Å². The lowest BCUT2D eigenvalue weighted by molar-refractivity contribution is -0.137. The molecule has 0 saturated carbocycles. The van der Waals surface area contributed by atoms with Crippen LogP contribution in [0.3, 0.4) is 0 Å². The van der Waals surface area contributed by atoms with Gasteiger partial charge in [-0.15, -0.1) is 0 Å². The van der Waals surface area contributed by atoms with E-state index in [1.807, 2.05) is 6.92 Å². The second kappa shape index (κ2) is 36.6. The van der Waals surface area contributed by atoms with Crippen molar-refractivity contribution in [2.75, 3.05) is 139 Å². The van der Waals surface area contributed by atoms with Crippen LogP contribution in [0.15, 0.2) is 12.2 Å². The van der Waals surface area contributed by atoms with Gasteiger partial charge in [0, 0.05) is 45.3 Å². The minimum absolute atomic E-state index is 0.0713. The predicted octanol–water partition coefficient (Wildman–Crippen LogP) is 0.158. The molecule has 1 atom stereocenters. The van der Waals surface area contributed by atoms with E-state index in [0.717, 1.165) is 17.7 Å². The number of hydrogen-bond donors (Lipinski definition) is 3. The number of hydrogen-bond acceptors (Lipinski definition) is 14. The summed E-state index contributed by atoms with van der Waals surface area (Å²) in [6.07, 6.45) is 6.11. The Labute approximate surface area is 325 Å². The highest BCUT2D eigenvalue weighted by molar-refractivity contribution is 6.12. The van der Waals surface area contributed by atoms with Gasteiger partial charge in [-0.2, -0.15) is 0 Å². The topological polar surface area (TPSA) is 208 Å².